The molecule has 0 aliphatic carbocycles. The summed E-state index contributed by atoms with van der Waals surface area (Å²) in [6, 6.07) is 0. The minimum absolute atomic E-state index is 0.0576. The van der Waals surface area contributed by atoms with E-state index in [1.54, 1.807) is 0 Å². The van der Waals surface area contributed by atoms with Crippen LogP contribution in [0.3, 0.4) is 0 Å². The Hall–Kier alpha value is -0.560. The molecule has 0 radical (unpaired) electrons. The summed E-state index contributed by atoms with van der Waals surface area (Å²) in [5.41, 5.74) is 0. The molecule has 0 aromatic carbocycles. The van der Waals surface area contributed by atoms with Gasteiger partial charge < -0.3 is 66.3 Å². The average Bonchev–Trinajstić information content (AvgIpc) is 3.42. The fourth-order valence-electron chi connectivity index (χ4n) is 14.0. The van der Waals surface area contributed by atoms with Crippen LogP contribution in [0.5, 0.6) is 0 Å². The molecule has 0 aromatic rings. The molecule has 14 bridgehead atoms. The molecule has 21 heterocycles. The molecule has 21 fully saturated rings. The van der Waals surface area contributed by atoms with Crippen molar-refractivity contribution < 1.29 is 66.3 Å². The zero-order valence-electron chi connectivity index (χ0n) is 53.8. The normalized spacial score (nSPS) is 54.3. The summed E-state index contributed by atoms with van der Waals surface area (Å²) >= 11 is 0. The predicted molar refractivity (Wildman–Crippen MR) is 304 cm³/mol. The molecular formula is C64H118O14. The fraction of sp³-hybridized carbons (Fsp3) is 1.00. The van der Waals surface area contributed by atoms with Gasteiger partial charge in [-0.1, -0.05) is 150 Å². The Morgan fingerprint density at radius 1 is 0.179 bits per heavy atom. The van der Waals surface area contributed by atoms with Crippen LogP contribution in [0.15, 0.2) is 0 Å². The molecule has 14 unspecified atom stereocenters. The molecule has 0 amide bonds. The van der Waals surface area contributed by atoms with Gasteiger partial charge >= 0.3 is 0 Å². The van der Waals surface area contributed by atoms with Crippen molar-refractivity contribution >= 4 is 0 Å². The lowest BCUT2D eigenvalue weighted by atomic mass is 9.81. The summed E-state index contributed by atoms with van der Waals surface area (Å²) in [5, 5.41) is 0. The van der Waals surface area contributed by atoms with E-state index in [0.29, 0.717) is 0 Å². The summed E-state index contributed by atoms with van der Waals surface area (Å²) in [6.07, 6.45) is -0.247. The van der Waals surface area contributed by atoms with Gasteiger partial charge in [0, 0.05) is 41.4 Å². The van der Waals surface area contributed by atoms with Crippen molar-refractivity contribution in [3.8, 4) is 0 Å². The highest BCUT2D eigenvalue weighted by molar-refractivity contribution is 4.96. The Balaban J connectivity index is 0.00000115. The number of hydrogen-bond acceptors (Lipinski definition) is 14. The van der Waals surface area contributed by atoms with Crippen LogP contribution in [0.2, 0.25) is 0 Å². The standard InChI is InChI=1S/C56H98O14.C6H14.C2H6/c1-22-29(8)50-57-36(15)43(22)64-51-30(9)23(2)45(38(17)58-51)66-53-32(11)25(4)47(40(19)60-53)68-55-34(13)27(6)49(42(21)62-55)70-56-35(14)28(7)48(41(20)63-56)69-54-33(12)26(5)46(39(18)61-54)67-52-31(10)24(3)44(65-50)37(16)59-52;1-3-5-6-4-2;1-2/h22-56H,1-21H3;3-6H2,1-2H3;1-2H3/t22-,23-,24-,25-,26-,27-,28-,29?,30?,31?,32?,33?,34?,35?,36?,37?,38?,39?,40?,41?,42?,43+,44+,45+,46+,47+,48+,49+,50-,51-,52-,53-,54-,55-,56-;;/m1../s1. The third kappa shape index (κ3) is 14.4. The molecule has 0 aromatic heterocycles. The SMILES string of the molecule is CC.CC1[C@@H]2OC(C)[C@@H](O[C@H]3OC(C)[C@@H](O[C@H]4OC(C)[C@@H](O[C@H]5OC(C)[C@@H](O[C@H]6OC(C)[C@@H](O[C@H]7OC(C)[C@@H](O[C@H]8OC(C)[C@@H](O2)[C@H](C)C8C)[C@H](C)C7C)[C@H](C)C6C)[C@H](C)C5C)[C@H](C)C4C)[C@H](C)C3C)[C@@H]1C.CCCCCC. The van der Waals surface area contributed by atoms with Crippen LogP contribution in [0.25, 0.3) is 0 Å². The van der Waals surface area contributed by atoms with Crippen LogP contribution in [0.1, 0.15) is 199 Å². The van der Waals surface area contributed by atoms with Crippen LogP contribution >= 0.6 is 0 Å². The lowest BCUT2D eigenvalue weighted by molar-refractivity contribution is -0.364. The third-order valence-electron chi connectivity index (χ3n) is 21.1. The molecule has 21 aliphatic rings. The van der Waals surface area contributed by atoms with Crippen molar-refractivity contribution in [1.82, 2.24) is 0 Å². The molecule has 458 valence electrons. The summed E-state index contributed by atoms with van der Waals surface area (Å²) in [7, 11) is 0. The van der Waals surface area contributed by atoms with Crippen molar-refractivity contribution in [1.29, 1.82) is 0 Å². The number of rotatable bonds is 3. The molecule has 21 rings (SSSR count). The smallest absolute Gasteiger partial charge is 0.161 e. The molecular weight excluding hydrogens is 993 g/mol. The molecule has 0 spiro atoms. The van der Waals surface area contributed by atoms with Crippen LogP contribution in [0.4, 0.5) is 0 Å². The van der Waals surface area contributed by atoms with Gasteiger partial charge in [-0.3, -0.25) is 0 Å². The highest BCUT2D eigenvalue weighted by Gasteiger charge is 2.54. The van der Waals surface area contributed by atoms with Crippen LogP contribution in [0, 0.1) is 82.9 Å². The van der Waals surface area contributed by atoms with Gasteiger partial charge in [0.2, 0.25) is 0 Å². The lowest BCUT2D eigenvalue weighted by Gasteiger charge is -2.51. The van der Waals surface area contributed by atoms with Crippen molar-refractivity contribution in [3.63, 3.8) is 0 Å². The zero-order chi connectivity index (χ0) is 57.9. The Morgan fingerprint density at radius 2 is 0.295 bits per heavy atom. The predicted octanol–water partition coefficient (Wildman–Crippen LogP) is 13.4. The first-order valence-electron chi connectivity index (χ1n) is 32.0. The van der Waals surface area contributed by atoms with E-state index >= 15 is 0 Å². The maximum atomic E-state index is 6.97. The first-order chi connectivity index (χ1) is 36.8. The average molecular weight is 1110 g/mol. The van der Waals surface area contributed by atoms with Crippen molar-refractivity contribution in [3.05, 3.63) is 0 Å². The van der Waals surface area contributed by atoms with Crippen LogP contribution < -0.4 is 0 Å². The summed E-state index contributed by atoms with van der Waals surface area (Å²) in [5.74, 6) is 1.37. The summed E-state index contributed by atoms with van der Waals surface area (Å²) in [6.45, 7) is 54.4. The van der Waals surface area contributed by atoms with E-state index in [9.17, 15) is 0 Å². The van der Waals surface area contributed by atoms with Crippen molar-refractivity contribution in [2.45, 2.75) is 328 Å². The highest BCUT2D eigenvalue weighted by atomic mass is 16.8. The van der Waals surface area contributed by atoms with Crippen LogP contribution in [-0.4, -0.2) is 129 Å². The van der Waals surface area contributed by atoms with E-state index in [2.05, 4.69) is 159 Å². The molecule has 35 atom stereocenters. The summed E-state index contributed by atoms with van der Waals surface area (Å²) in [4.78, 5) is 0. The number of hydrogen-bond donors (Lipinski definition) is 0. The Bertz CT molecular complexity index is 1420. The molecule has 0 saturated carbocycles. The van der Waals surface area contributed by atoms with E-state index in [1.807, 2.05) is 13.8 Å². The van der Waals surface area contributed by atoms with Gasteiger partial charge in [-0.05, 0) is 89.9 Å². The molecule has 21 saturated heterocycles. The van der Waals surface area contributed by atoms with Crippen LogP contribution in [-0.2, 0) is 66.3 Å². The molecule has 21 aliphatic heterocycles. The van der Waals surface area contributed by atoms with Gasteiger partial charge in [-0.2, -0.15) is 0 Å². The van der Waals surface area contributed by atoms with Gasteiger partial charge in [0.25, 0.3) is 0 Å². The second-order valence-electron chi connectivity index (χ2n) is 26.4. The second kappa shape index (κ2) is 29.0. The second-order valence-corrected chi connectivity index (χ2v) is 26.4. The Kier molecular flexibility index (Phi) is 24.8. The van der Waals surface area contributed by atoms with Crippen molar-refractivity contribution in [2.75, 3.05) is 0 Å². The molecule has 78 heavy (non-hydrogen) atoms. The lowest BCUT2D eigenvalue weighted by Crippen LogP contribution is -2.59. The third-order valence-corrected chi connectivity index (χ3v) is 21.1. The van der Waals surface area contributed by atoms with Gasteiger partial charge in [-0.25, -0.2) is 0 Å². The highest BCUT2D eigenvalue weighted by Crippen LogP contribution is 2.47. The maximum absolute atomic E-state index is 6.97. The maximum Gasteiger partial charge on any atom is 0.161 e. The van der Waals surface area contributed by atoms with E-state index in [1.165, 1.54) is 25.7 Å². The number of unbranched alkanes of at least 4 members (excludes halogenated alkanes) is 3. The van der Waals surface area contributed by atoms with Gasteiger partial charge in [0.05, 0.1) is 85.5 Å². The topological polar surface area (TPSA) is 129 Å². The monoisotopic (exact) mass is 1110 g/mol. The molecule has 14 nitrogen and oxygen atoms in total. The zero-order valence-corrected chi connectivity index (χ0v) is 53.8. The minimum atomic E-state index is -0.419. The molecule has 0 N–H and O–H groups in total. The first-order valence-corrected chi connectivity index (χ1v) is 32.0. The quantitative estimate of drug-likeness (QED) is 0.249. The Morgan fingerprint density at radius 3 is 0.397 bits per heavy atom. The van der Waals surface area contributed by atoms with E-state index in [4.69, 9.17) is 66.3 Å². The Labute approximate surface area is 475 Å². The number of ether oxygens (including phenoxy) is 14. The van der Waals surface area contributed by atoms with Gasteiger partial charge in [0.15, 0.2) is 44.0 Å². The molecule has 14 heteroatoms. The largest absolute Gasteiger partial charge is 0.347 e. The van der Waals surface area contributed by atoms with Gasteiger partial charge in [0.1, 0.15) is 0 Å². The van der Waals surface area contributed by atoms with E-state index < -0.39 is 44.0 Å². The summed E-state index contributed by atoms with van der Waals surface area (Å²) < 4.78 is 96.1. The first kappa shape index (κ1) is 66.6. The van der Waals surface area contributed by atoms with E-state index in [0.717, 1.165) is 0 Å². The van der Waals surface area contributed by atoms with Crippen molar-refractivity contribution in [2.24, 2.45) is 82.9 Å². The minimum Gasteiger partial charge on any atom is -0.347 e. The fourth-order valence-corrected chi connectivity index (χ4v) is 14.0. The van der Waals surface area contributed by atoms with E-state index in [-0.39, 0.29) is 168 Å². The van der Waals surface area contributed by atoms with Gasteiger partial charge in [-0.15, -0.1) is 0 Å².